The molecule has 78 valence electrons. The molecule has 1 aromatic carbocycles. The normalized spacial score (nSPS) is 10.6. The molecule has 0 spiro atoms. The molecule has 15 heavy (non-hydrogen) atoms. The molecule has 0 aliphatic heterocycles. The molecule has 0 saturated heterocycles. The van der Waals surface area contributed by atoms with Crippen LogP contribution in [0.2, 0.25) is 5.02 Å². The Kier molecular flexibility index (Phi) is 2.83. The fourth-order valence-corrected chi connectivity index (χ4v) is 1.97. The van der Waals surface area contributed by atoms with Gasteiger partial charge in [0.1, 0.15) is 0 Å². The summed E-state index contributed by atoms with van der Waals surface area (Å²) in [7, 11) is 0. The van der Waals surface area contributed by atoms with Crippen molar-refractivity contribution in [3.63, 3.8) is 0 Å². The number of aryl methyl sites for hydroxylation is 2. The summed E-state index contributed by atoms with van der Waals surface area (Å²) in [5.41, 5.74) is 3.73. The second-order valence-corrected chi connectivity index (χ2v) is 4.29. The van der Waals surface area contributed by atoms with Crippen molar-refractivity contribution in [1.29, 1.82) is 0 Å². The van der Waals surface area contributed by atoms with Gasteiger partial charge in [0.2, 0.25) is 0 Å². The molecule has 0 amide bonds. The SMILES string of the molecule is Cc1cc(C)n(Cc2ccccc2Cl)c1. The fourth-order valence-electron chi connectivity index (χ4n) is 1.78. The second kappa shape index (κ2) is 4.11. The molecule has 2 aromatic rings. The molecule has 0 bridgehead atoms. The molecule has 0 fully saturated rings. The minimum Gasteiger partial charge on any atom is -0.347 e. The Bertz CT molecular complexity index is 471. The quantitative estimate of drug-likeness (QED) is 0.724. The van der Waals surface area contributed by atoms with Gasteiger partial charge < -0.3 is 4.57 Å². The van der Waals surface area contributed by atoms with Crippen molar-refractivity contribution in [2.24, 2.45) is 0 Å². The lowest BCUT2D eigenvalue weighted by Gasteiger charge is -2.07. The van der Waals surface area contributed by atoms with Gasteiger partial charge in [-0.05, 0) is 37.1 Å². The average Bonchev–Trinajstić information content (AvgIpc) is 2.49. The number of benzene rings is 1. The lowest BCUT2D eigenvalue weighted by Crippen LogP contribution is -2.00. The van der Waals surface area contributed by atoms with E-state index in [-0.39, 0.29) is 0 Å². The Morgan fingerprint density at radius 3 is 2.53 bits per heavy atom. The van der Waals surface area contributed by atoms with E-state index < -0.39 is 0 Å². The van der Waals surface area contributed by atoms with Crippen LogP contribution >= 0.6 is 11.6 Å². The van der Waals surface area contributed by atoms with Crippen LogP contribution in [0.4, 0.5) is 0 Å². The van der Waals surface area contributed by atoms with Crippen LogP contribution in [0.25, 0.3) is 0 Å². The van der Waals surface area contributed by atoms with Crippen molar-refractivity contribution < 1.29 is 0 Å². The van der Waals surface area contributed by atoms with Crippen molar-refractivity contribution in [3.8, 4) is 0 Å². The summed E-state index contributed by atoms with van der Waals surface area (Å²) in [6.45, 7) is 5.07. The summed E-state index contributed by atoms with van der Waals surface area (Å²) in [5.74, 6) is 0. The third kappa shape index (κ3) is 2.24. The first kappa shape index (κ1) is 10.3. The Morgan fingerprint density at radius 1 is 1.20 bits per heavy atom. The Balaban J connectivity index is 2.29. The zero-order chi connectivity index (χ0) is 10.8. The summed E-state index contributed by atoms with van der Waals surface area (Å²) in [4.78, 5) is 0. The van der Waals surface area contributed by atoms with Gasteiger partial charge in [0.05, 0.1) is 0 Å². The predicted octanol–water partition coefficient (Wildman–Crippen LogP) is 3.81. The van der Waals surface area contributed by atoms with Crippen LogP contribution in [0, 0.1) is 13.8 Å². The average molecular weight is 220 g/mol. The van der Waals surface area contributed by atoms with Crippen molar-refractivity contribution in [3.05, 3.63) is 58.4 Å². The van der Waals surface area contributed by atoms with Gasteiger partial charge in [-0.15, -0.1) is 0 Å². The molecule has 2 heteroatoms. The maximum absolute atomic E-state index is 6.12. The molecule has 1 heterocycles. The van der Waals surface area contributed by atoms with E-state index in [1.54, 1.807) is 0 Å². The van der Waals surface area contributed by atoms with E-state index in [9.17, 15) is 0 Å². The van der Waals surface area contributed by atoms with Gasteiger partial charge in [0, 0.05) is 23.5 Å². The van der Waals surface area contributed by atoms with E-state index in [0.29, 0.717) is 0 Å². The van der Waals surface area contributed by atoms with Crippen molar-refractivity contribution >= 4 is 11.6 Å². The molecule has 0 aliphatic rings. The zero-order valence-corrected chi connectivity index (χ0v) is 9.75. The predicted molar refractivity (Wildman–Crippen MR) is 64.5 cm³/mol. The molecular formula is C13H14ClN. The molecule has 0 atom stereocenters. The van der Waals surface area contributed by atoms with E-state index in [0.717, 1.165) is 17.1 Å². The second-order valence-electron chi connectivity index (χ2n) is 3.88. The molecule has 0 N–H and O–H groups in total. The third-order valence-corrected chi connectivity index (χ3v) is 2.92. The van der Waals surface area contributed by atoms with E-state index in [4.69, 9.17) is 11.6 Å². The van der Waals surface area contributed by atoms with Crippen molar-refractivity contribution in [2.75, 3.05) is 0 Å². The van der Waals surface area contributed by atoms with Crippen molar-refractivity contribution in [2.45, 2.75) is 20.4 Å². The van der Waals surface area contributed by atoms with E-state index >= 15 is 0 Å². The minimum atomic E-state index is 0.836. The standard InChI is InChI=1S/C13H14ClN/c1-10-7-11(2)15(8-10)9-12-5-3-4-6-13(12)14/h3-8H,9H2,1-2H3. The number of halogens is 1. The Hall–Kier alpha value is -1.21. The molecule has 0 aliphatic carbocycles. The van der Waals surface area contributed by atoms with Crippen LogP contribution in [-0.4, -0.2) is 4.57 Å². The molecule has 1 aromatic heterocycles. The van der Waals surface area contributed by atoms with Crippen molar-refractivity contribution in [1.82, 2.24) is 4.57 Å². The number of nitrogens with zero attached hydrogens (tertiary/aromatic N) is 1. The third-order valence-electron chi connectivity index (χ3n) is 2.55. The summed E-state index contributed by atoms with van der Waals surface area (Å²) in [6, 6.07) is 10.2. The van der Waals surface area contributed by atoms with Gasteiger partial charge in [-0.3, -0.25) is 0 Å². The highest BCUT2D eigenvalue weighted by atomic mass is 35.5. The van der Waals surface area contributed by atoms with Crippen LogP contribution < -0.4 is 0 Å². The van der Waals surface area contributed by atoms with Gasteiger partial charge >= 0.3 is 0 Å². The Morgan fingerprint density at radius 2 is 1.93 bits per heavy atom. The topological polar surface area (TPSA) is 4.93 Å². The monoisotopic (exact) mass is 219 g/mol. The number of hydrogen-bond acceptors (Lipinski definition) is 0. The lowest BCUT2D eigenvalue weighted by molar-refractivity contribution is 0.775. The summed E-state index contributed by atoms with van der Waals surface area (Å²) in [6.07, 6.45) is 2.15. The number of aromatic nitrogens is 1. The highest BCUT2D eigenvalue weighted by molar-refractivity contribution is 6.31. The molecule has 2 rings (SSSR count). The van der Waals surface area contributed by atoms with Gasteiger partial charge in [0.15, 0.2) is 0 Å². The van der Waals surface area contributed by atoms with Crippen LogP contribution in [0.5, 0.6) is 0 Å². The molecule has 1 nitrogen and oxygen atoms in total. The minimum absolute atomic E-state index is 0.836. The highest BCUT2D eigenvalue weighted by Gasteiger charge is 2.02. The van der Waals surface area contributed by atoms with Crippen LogP contribution in [0.15, 0.2) is 36.5 Å². The van der Waals surface area contributed by atoms with Gasteiger partial charge in [0.25, 0.3) is 0 Å². The first-order valence-electron chi connectivity index (χ1n) is 5.03. The summed E-state index contributed by atoms with van der Waals surface area (Å²) in [5, 5.41) is 0.836. The van der Waals surface area contributed by atoms with Crippen LogP contribution in [0.3, 0.4) is 0 Å². The van der Waals surface area contributed by atoms with Gasteiger partial charge in [-0.25, -0.2) is 0 Å². The largest absolute Gasteiger partial charge is 0.347 e. The number of hydrogen-bond donors (Lipinski definition) is 0. The van der Waals surface area contributed by atoms with Gasteiger partial charge in [-0.1, -0.05) is 29.8 Å². The van der Waals surface area contributed by atoms with E-state index in [1.807, 2.05) is 18.2 Å². The Labute approximate surface area is 95.3 Å². The first-order valence-corrected chi connectivity index (χ1v) is 5.41. The molecule has 0 unspecified atom stereocenters. The lowest BCUT2D eigenvalue weighted by atomic mass is 10.2. The molecule has 0 saturated carbocycles. The summed E-state index contributed by atoms with van der Waals surface area (Å²) >= 11 is 6.12. The highest BCUT2D eigenvalue weighted by Crippen LogP contribution is 2.17. The maximum atomic E-state index is 6.12. The zero-order valence-electron chi connectivity index (χ0n) is 9.00. The smallest absolute Gasteiger partial charge is 0.0487 e. The molecular weight excluding hydrogens is 206 g/mol. The van der Waals surface area contributed by atoms with E-state index in [1.165, 1.54) is 11.3 Å². The first-order chi connectivity index (χ1) is 7.16. The fraction of sp³-hybridized carbons (Fsp3) is 0.231. The van der Waals surface area contributed by atoms with Crippen LogP contribution in [-0.2, 0) is 6.54 Å². The maximum Gasteiger partial charge on any atom is 0.0487 e. The van der Waals surface area contributed by atoms with Gasteiger partial charge in [-0.2, -0.15) is 0 Å². The summed E-state index contributed by atoms with van der Waals surface area (Å²) < 4.78 is 2.22. The van der Waals surface area contributed by atoms with Crippen LogP contribution in [0.1, 0.15) is 16.8 Å². The molecule has 0 radical (unpaired) electrons. The van der Waals surface area contributed by atoms with E-state index in [2.05, 4.69) is 36.7 Å². The number of rotatable bonds is 2.